The molecule has 0 saturated carbocycles. The van der Waals surface area contributed by atoms with Gasteiger partial charge in [0.05, 0.1) is 17.4 Å². The zero-order valence-corrected chi connectivity index (χ0v) is 19.4. The van der Waals surface area contributed by atoms with Crippen molar-refractivity contribution in [3.63, 3.8) is 0 Å². The molecular formula is C23H27N7O5. The molecule has 3 N–H and O–H groups in total. The predicted molar refractivity (Wildman–Crippen MR) is 127 cm³/mol. The molecule has 0 aliphatic rings. The number of hydrogen-bond donors (Lipinski definition) is 3. The zero-order chi connectivity index (χ0) is 25.4. The summed E-state index contributed by atoms with van der Waals surface area (Å²) in [6, 6.07) is 11.5. The number of aromatic nitrogens is 4. The van der Waals surface area contributed by atoms with Gasteiger partial charge in [-0.1, -0.05) is 37.6 Å². The van der Waals surface area contributed by atoms with E-state index in [9.17, 15) is 24.8 Å². The summed E-state index contributed by atoms with van der Waals surface area (Å²) >= 11 is 0. The number of carboxylic acids is 1. The number of carbonyl (C=O) groups excluding carboxylic acids is 1. The molecule has 0 fully saturated rings. The number of hydrogen-bond acceptors (Lipinski definition) is 8. The number of aliphatic carboxylic acids is 1. The van der Waals surface area contributed by atoms with Gasteiger partial charge >= 0.3 is 5.97 Å². The van der Waals surface area contributed by atoms with Gasteiger partial charge in [-0.15, -0.1) is 5.10 Å². The first-order chi connectivity index (χ1) is 16.8. The Labute approximate surface area is 201 Å². The SMILES string of the molecule is CCCCn1nnnc1C(NC(CC(=O)O)c1cccc([N+](=O)[O-])c1)c1ccc(NC(C)=O)cc1. The molecule has 12 heteroatoms. The molecule has 0 aliphatic carbocycles. The number of anilines is 1. The average Bonchev–Trinajstić information content (AvgIpc) is 3.28. The number of rotatable bonds is 12. The third-order valence-electron chi connectivity index (χ3n) is 5.34. The van der Waals surface area contributed by atoms with Gasteiger partial charge in [0.1, 0.15) is 0 Å². The van der Waals surface area contributed by atoms with E-state index in [0.29, 0.717) is 23.6 Å². The summed E-state index contributed by atoms with van der Waals surface area (Å²) < 4.78 is 1.66. The van der Waals surface area contributed by atoms with Gasteiger partial charge in [-0.05, 0) is 40.1 Å². The van der Waals surface area contributed by atoms with Crippen molar-refractivity contribution in [1.29, 1.82) is 0 Å². The molecular weight excluding hydrogens is 454 g/mol. The lowest BCUT2D eigenvalue weighted by Crippen LogP contribution is -2.31. The fraction of sp³-hybridized carbons (Fsp3) is 0.348. The van der Waals surface area contributed by atoms with Crippen molar-refractivity contribution in [3.8, 4) is 0 Å². The maximum atomic E-state index is 11.7. The summed E-state index contributed by atoms with van der Waals surface area (Å²) in [6.07, 6.45) is 1.45. The van der Waals surface area contributed by atoms with Crippen molar-refractivity contribution in [2.45, 2.75) is 51.7 Å². The third-order valence-corrected chi connectivity index (χ3v) is 5.34. The number of nitro groups is 1. The van der Waals surface area contributed by atoms with Gasteiger partial charge in [0.15, 0.2) is 5.82 Å². The molecule has 3 rings (SSSR count). The molecule has 0 radical (unpaired) electrons. The van der Waals surface area contributed by atoms with E-state index in [0.717, 1.165) is 18.4 Å². The molecule has 1 aromatic heterocycles. The van der Waals surface area contributed by atoms with Crippen molar-refractivity contribution in [2.24, 2.45) is 0 Å². The fourth-order valence-electron chi connectivity index (χ4n) is 3.67. The molecule has 1 amide bonds. The van der Waals surface area contributed by atoms with Gasteiger partial charge in [0.25, 0.3) is 5.69 Å². The molecule has 3 aromatic rings. The van der Waals surface area contributed by atoms with Crippen molar-refractivity contribution >= 4 is 23.3 Å². The Kier molecular flexibility index (Phi) is 8.57. The fourth-order valence-corrected chi connectivity index (χ4v) is 3.67. The number of tetrazole rings is 1. The van der Waals surface area contributed by atoms with E-state index in [2.05, 4.69) is 26.2 Å². The predicted octanol–water partition coefficient (Wildman–Crippen LogP) is 3.23. The molecule has 35 heavy (non-hydrogen) atoms. The van der Waals surface area contributed by atoms with E-state index in [1.165, 1.54) is 25.1 Å². The summed E-state index contributed by atoms with van der Waals surface area (Å²) in [4.78, 5) is 33.9. The Morgan fingerprint density at radius 1 is 1.17 bits per heavy atom. The van der Waals surface area contributed by atoms with E-state index in [-0.39, 0.29) is 18.0 Å². The number of non-ortho nitro benzene ring substituents is 1. The number of nitro benzene ring substituents is 1. The molecule has 1 heterocycles. The van der Waals surface area contributed by atoms with Crippen molar-refractivity contribution in [3.05, 3.63) is 75.6 Å². The number of nitrogens with one attached hydrogen (secondary N) is 2. The van der Waals surface area contributed by atoms with Crippen molar-refractivity contribution in [2.75, 3.05) is 5.32 Å². The van der Waals surface area contributed by atoms with Crippen LogP contribution in [0.4, 0.5) is 11.4 Å². The van der Waals surface area contributed by atoms with Gasteiger partial charge < -0.3 is 10.4 Å². The average molecular weight is 482 g/mol. The highest BCUT2D eigenvalue weighted by Gasteiger charge is 2.27. The van der Waals surface area contributed by atoms with Crippen molar-refractivity contribution < 1.29 is 19.6 Å². The molecule has 2 unspecified atom stereocenters. The number of nitrogens with zero attached hydrogens (tertiary/aromatic N) is 5. The lowest BCUT2D eigenvalue weighted by molar-refractivity contribution is -0.384. The van der Waals surface area contributed by atoms with Crippen LogP contribution in [-0.4, -0.2) is 42.1 Å². The summed E-state index contributed by atoms with van der Waals surface area (Å²) in [5.41, 5.74) is 1.65. The molecule has 12 nitrogen and oxygen atoms in total. The minimum atomic E-state index is -1.07. The Morgan fingerprint density at radius 2 is 1.91 bits per heavy atom. The van der Waals surface area contributed by atoms with Crippen LogP contribution in [0.3, 0.4) is 0 Å². The zero-order valence-electron chi connectivity index (χ0n) is 19.4. The second-order valence-electron chi connectivity index (χ2n) is 8.02. The monoisotopic (exact) mass is 481 g/mol. The van der Waals surface area contributed by atoms with E-state index < -0.39 is 23.0 Å². The summed E-state index contributed by atoms with van der Waals surface area (Å²) in [6.45, 7) is 4.03. The number of aryl methyl sites for hydroxylation is 1. The Balaban J connectivity index is 2.03. The van der Waals surface area contributed by atoms with Gasteiger partial charge in [-0.2, -0.15) is 0 Å². The summed E-state index contributed by atoms with van der Waals surface area (Å²) in [5.74, 6) is -0.797. The lowest BCUT2D eigenvalue weighted by Gasteiger charge is -2.25. The normalized spacial score (nSPS) is 12.6. The van der Waals surface area contributed by atoms with E-state index >= 15 is 0 Å². The molecule has 2 atom stereocenters. The standard InChI is InChI=1S/C23H27N7O5/c1-3-4-12-29-23(26-27-28-29)22(16-8-10-18(11-9-16)24-15(2)31)25-20(14-21(32)33)17-6-5-7-19(13-17)30(34)35/h5-11,13,20,22,25H,3-4,12,14H2,1-2H3,(H,24,31)(H,32,33). The summed E-state index contributed by atoms with van der Waals surface area (Å²) in [5, 5.41) is 39.0. The number of carboxylic acid groups (broad SMARTS) is 1. The van der Waals surface area contributed by atoms with Crippen LogP contribution in [0.15, 0.2) is 48.5 Å². The highest BCUT2D eigenvalue weighted by Crippen LogP contribution is 2.29. The second kappa shape index (κ2) is 11.8. The minimum absolute atomic E-state index is 0.135. The van der Waals surface area contributed by atoms with E-state index in [4.69, 9.17) is 0 Å². The minimum Gasteiger partial charge on any atom is -0.481 e. The quantitative estimate of drug-likeness (QED) is 0.260. The largest absolute Gasteiger partial charge is 0.481 e. The van der Waals surface area contributed by atoms with Crippen LogP contribution < -0.4 is 10.6 Å². The Bertz CT molecular complexity index is 1180. The van der Waals surface area contributed by atoms with Gasteiger partial charge in [0.2, 0.25) is 5.91 Å². The topological polar surface area (TPSA) is 165 Å². The number of carbonyl (C=O) groups is 2. The van der Waals surface area contributed by atoms with Crippen LogP contribution in [0, 0.1) is 10.1 Å². The molecule has 0 spiro atoms. The lowest BCUT2D eigenvalue weighted by atomic mass is 9.98. The van der Waals surface area contributed by atoms with Crippen LogP contribution in [-0.2, 0) is 16.1 Å². The molecule has 184 valence electrons. The molecule has 0 saturated heterocycles. The first-order valence-corrected chi connectivity index (χ1v) is 11.1. The Morgan fingerprint density at radius 3 is 2.54 bits per heavy atom. The van der Waals surface area contributed by atoms with E-state index in [1.54, 1.807) is 35.0 Å². The number of unbranched alkanes of at least 4 members (excludes halogenated alkanes) is 1. The molecule has 0 aliphatic heterocycles. The highest BCUT2D eigenvalue weighted by molar-refractivity contribution is 5.88. The smallest absolute Gasteiger partial charge is 0.305 e. The Hall–Kier alpha value is -4.19. The van der Waals surface area contributed by atoms with Crippen LogP contribution in [0.5, 0.6) is 0 Å². The number of benzene rings is 2. The first-order valence-electron chi connectivity index (χ1n) is 11.1. The van der Waals surface area contributed by atoms with Gasteiger partial charge in [0, 0.05) is 37.3 Å². The highest BCUT2D eigenvalue weighted by atomic mass is 16.6. The first kappa shape index (κ1) is 25.4. The van der Waals surface area contributed by atoms with Crippen molar-refractivity contribution in [1.82, 2.24) is 25.5 Å². The van der Waals surface area contributed by atoms with Crippen LogP contribution in [0.2, 0.25) is 0 Å². The number of amides is 1. The summed E-state index contributed by atoms with van der Waals surface area (Å²) in [7, 11) is 0. The van der Waals surface area contributed by atoms with Crippen LogP contribution >= 0.6 is 0 Å². The van der Waals surface area contributed by atoms with Gasteiger partial charge in [-0.3, -0.25) is 25.0 Å². The third kappa shape index (κ3) is 6.90. The van der Waals surface area contributed by atoms with Crippen LogP contribution in [0.1, 0.15) is 62.1 Å². The van der Waals surface area contributed by atoms with Gasteiger partial charge in [-0.25, -0.2) is 4.68 Å². The molecule has 2 aromatic carbocycles. The molecule has 0 bridgehead atoms. The maximum Gasteiger partial charge on any atom is 0.305 e. The van der Waals surface area contributed by atoms with E-state index in [1.807, 2.05) is 6.92 Å². The van der Waals surface area contributed by atoms with Crippen LogP contribution in [0.25, 0.3) is 0 Å². The maximum absolute atomic E-state index is 11.7. The second-order valence-corrected chi connectivity index (χ2v) is 8.02.